The zero-order valence-electron chi connectivity index (χ0n) is 9.38. The Morgan fingerprint density at radius 3 is 2.59 bits per heavy atom. The Bertz CT molecular complexity index is 423. The highest BCUT2D eigenvalue weighted by Crippen LogP contribution is 2.07. The average molecular weight is 235 g/mol. The summed E-state index contributed by atoms with van der Waals surface area (Å²) >= 11 is 0. The van der Waals surface area contributed by atoms with Crippen molar-refractivity contribution >= 4 is 11.6 Å². The number of hydrogen-bond acceptors (Lipinski definition) is 4. The van der Waals surface area contributed by atoms with E-state index in [1.807, 2.05) is 6.07 Å². The molecule has 0 bridgehead atoms. The van der Waals surface area contributed by atoms with E-state index in [2.05, 4.69) is 0 Å². The van der Waals surface area contributed by atoms with Gasteiger partial charge in [-0.1, -0.05) is 12.1 Å². The quantitative estimate of drug-likeness (QED) is 0.549. The summed E-state index contributed by atoms with van der Waals surface area (Å²) < 4.78 is 0. The van der Waals surface area contributed by atoms with Gasteiger partial charge in [-0.05, 0) is 5.56 Å². The van der Waals surface area contributed by atoms with Crippen LogP contribution in [0.5, 0.6) is 0 Å². The van der Waals surface area contributed by atoms with E-state index in [4.69, 9.17) is 10.5 Å². The van der Waals surface area contributed by atoms with Gasteiger partial charge in [0.05, 0.1) is 12.5 Å². The molecular formula is C11H13N3O3. The summed E-state index contributed by atoms with van der Waals surface area (Å²) in [4.78, 5) is 12.9. The van der Waals surface area contributed by atoms with E-state index in [1.165, 1.54) is 17.0 Å². The molecule has 90 valence electrons. The van der Waals surface area contributed by atoms with Crippen molar-refractivity contribution < 1.29 is 15.2 Å². The van der Waals surface area contributed by atoms with Gasteiger partial charge in [0, 0.05) is 19.2 Å². The molecule has 1 unspecified atom stereocenters. The number of nitrogens with zero attached hydrogens (tertiary/aromatic N) is 2. The van der Waals surface area contributed by atoms with Crippen LogP contribution >= 0.6 is 0 Å². The number of nitriles is 1. The molecule has 0 saturated carbocycles. The first-order chi connectivity index (χ1) is 8.04. The predicted molar refractivity (Wildman–Crippen MR) is 59.2 cm³/mol. The number of amides is 1. The van der Waals surface area contributed by atoms with Gasteiger partial charge in [0.2, 0.25) is 5.91 Å². The summed E-state index contributed by atoms with van der Waals surface area (Å²) in [6, 6.07) is 7.99. The maximum atomic E-state index is 11.6. The van der Waals surface area contributed by atoms with Crippen LogP contribution < -0.4 is 5.23 Å². The fourth-order valence-corrected chi connectivity index (χ4v) is 1.27. The summed E-state index contributed by atoms with van der Waals surface area (Å²) in [7, 11) is 1.55. The first kappa shape index (κ1) is 13.1. The van der Waals surface area contributed by atoms with Crippen molar-refractivity contribution in [2.45, 2.75) is 6.42 Å². The Hall–Kier alpha value is -1.94. The highest BCUT2D eigenvalue weighted by molar-refractivity contribution is 5.78. The van der Waals surface area contributed by atoms with Crippen LogP contribution in [0, 0.1) is 16.5 Å². The molecule has 0 aliphatic carbocycles. The lowest BCUT2D eigenvalue weighted by Crippen LogP contribution is -2.99. The number of quaternary nitrogens is 1. The van der Waals surface area contributed by atoms with Crippen LogP contribution in [0.15, 0.2) is 24.3 Å². The van der Waals surface area contributed by atoms with Crippen LogP contribution in [0.2, 0.25) is 0 Å². The number of carbonyl (C=O) groups excluding carboxylic acids is 1. The fourth-order valence-electron chi connectivity index (χ4n) is 1.27. The SMILES string of the molecule is CN(CC#N)C(=O)Cc1ccc([NH+]([O-])O)cc1. The second-order valence-corrected chi connectivity index (χ2v) is 3.59. The molecule has 0 aliphatic rings. The molecular weight excluding hydrogens is 222 g/mol. The predicted octanol–water partition coefficient (Wildman–Crippen LogP) is -0.386. The van der Waals surface area contributed by atoms with Crippen molar-refractivity contribution in [3.05, 3.63) is 35.0 Å². The minimum absolute atomic E-state index is 0.0477. The molecule has 1 aromatic carbocycles. The molecule has 0 aliphatic heterocycles. The van der Waals surface area contributed by atoms with Crippen LogP contribution in [0.25, 0.3) is 0 Å². The smallest absolute Gasteiger partial charge is 0.227 e. The first-order valence-electron chi connectivity index (χ1n) is 4.97. The van der Waals surface area contributed by atoms with Crippen LogP contribution in [-0.4, -0.2) is 29.6 Å². The van der Waals surface area contributed by atoms with Crippen LogP contribution in [-0.2, 0) is 11.2 Å². The number of hydrogen-bond donors (Lipinski definition) is 2. The van der Waals surface area contributed by atoms with E-state index in [9.17, 15) is 10.0 Å². The van der Waals surface area contributed by atoms with Gasteiger partial charge in [-0.25, -0.2) is 5.21 Å². The highest BCUT2D eigenvalue weighted by Gasteiger charge is 2.09. The van der Waals surface area contributed by atoms with Crippen molar-refractivity contribution in [3.8, 4) is 6.07 Å². The van der Waals surface area contributed by atoms with E-state index in [-0.39, 0.29) is 24.6 Å². The summed E-state index contributed by atoms with van der Waals surface area (Å²) in [6.07, 6.45) is 0.165. The molecule has 0 saturated heterocycles. The van der Waals surface area contributed by atoms with Gasteiger partial charge >= 0.3 is 0 Å². The van der Waals surface area contributed by atoms with E-state index in [0.717, 1.165) is 5.56 Å². The Balaban J connectivity index is 2.64. The Kier molecular flexibility index (Phi) is 4.60. The molecule has 17 heavy (non-hydrogen) atoms. The summed E-state index contributed by atoms with van der Waals surface area (Å²) in [5.74, 6) is -0.172. The van der Waals surface area contributed by atoms with E-state index >= 15 is 0 Å². The molecule has 1 amide bonds. The van der Waals surface area contributed by atoms with Crippen LogP contribution in [0.3, 0.4) is 0 Å². The van der Waals surface area contributed by atoms with E-state index in [0.29, 0.717) is 0 Å². The topological polar surface area (TPSA) is 91.8 Å². The molecule has 1 rings (SSSR count). The molecule has 0 radical (unpaired) electrons. The minimum atomic E-state index is -0.996. The van der Waals surface area contributed by atoms with Crippen molar-refractivity contribution in [3.63, 3.8) is 0 Å². The second kappa shape index (κ2) is 5.96. The lowest BCUT2D eigenvalue weighted by Gasteiger charge is -2.14. The molecule has 0 spiro atoms. The molecule has 6 nitrogen and oxygen atoms in total. The van der Waals surface area contributed by atoms with Crippen molar-refractivity contribution in [2.75, 3.05) is 13.6 Å². The van der Waals surface area contributed by atoms with Crippen molar-refractivity contribution in [2.24, 2.45) is 0 Å². The zero-order chi connectivity index (χ0) is 12.8. The standard InChI is InChI=1S/C11H13N3O3/c1-13(7-6-12)11(15)8-9-2-4-10(5-3-9)14(16)17/h2-5,14,16H,7-8H2,1H3. The van der Waals surface area contributed by atoms with Gasteiger partial charge < -0.3 is 10.1 Å². The molecule has 0 fully saturated rings. The van der Waals surface area contributed by atoms with Gasteiger partial charge in [0.1, 0.15) is 6.54 Å². The summed E-state index contributed by atoms with van der Waals surface area (Å²) in [5.41, 5.74) is 0.913. The Labute approximate surface area is 98.8 Å². The molecule has 6 heteroatoms. The molecule has 2 N–H and O–H groups in total. The number of nitrogens with one attached hydrogen (secondary N) is 1. The fraction of sp³-hybridized carbons (Fsp3) is 0.273. The third-order valence-corrected chi connectivity index (χ3v) is 2.29. The lowest BCUT2D eigenvalue weighted by molar-refractivity contribution is -0.991. The highest BCUT2D eigenvalue weighted by atomic mass is 16.8. The van der Waals surface area contributed by atoms with E-state index < -0.39 is 5.23 Å². The van der Waals surface area contributed by atoms with Gasteiger partial charge in [0.15, 0.2) is 5.69 Å². The number of benzene rings is 1. The maximum absolute atomic E-state index is 11.6. The monoisotopic (exact) mass is 235 g/mol. The third-order valence-electron chi connectivity index (χ3n) is 2.29. The number of rotatable bonds is 4. The largest absolute Gasteiger partial charge is 0.595 e. The minimum Gasteiger partial charge on any atom is -0.595 e. The first-order valence-corrected chi connectivity index (χ1v) is 4.97. The zero-order valence-corrected chi connectivity index (χ0v) is 9.38. The average Bonchev–Trinajstić information content (AvgIpc) is 2.30. The van der Waals surface area contributed by atoms with Gasteiger partial charge in [-0.15, -0.1) is 0 Å². The third kappa shape index (κ3) is 3.85. The molecule has 0 aromatic heterocycles. The van der Waals surface area contributed by atoms with Crippen molar-refractivity contribution in [1.82, 2.24) is 4.90 Å². The lowest BCUT2D eigenvalue weighted by atomic mass is 10.1. The second-order valence-electron chi connectivity index (χ2n) is 3.59. The number of carbonyl (C=O) groups is 1. The van der Waals surface area contributed by atoms with Gasteiger partial charge in [0.25, 0.3) is 0 Å². The molecule has 0 heterocycles. The van der Waals surface area contributed by atoms with Crippen LogP contribution in [0.4, 0.5) is 5.69 Å². The Morgan fingerprint density at radius 2 is 2.12 bits per heavy atom. The van der Waals surface area contributed by atoms with Gasteiger partial charge in [-0.2, -0.15) is 10.5 Å². The number of likely N-dealkylation sites (N-methyl/N-ethyl adjacent to an activating group) is 1. The molecule has 1 aromatic rings. The summed E-state index contributed by atoms with van der Waals surface area (Å²) in [6.45, 7) is 0.0477. The van der Waals surface area contributed by atoms with Crippen molar-refractivity contribution in [1.29, 1.82) is 5.26 Å². The maximum Gasteiger partial charge on any atom is 0.227 e. The molecule has 1 atom stereocenters. The van der Waals surface area contributed by atoms with Gasteiger partial charge in [-0.3, -0.25) is 4.79 Å². The normalized spacial score (nSPS) is 11.6. The van der Waals surface area contributed by atoms with Crippen LogP contribution in [0.1, 0.15) is 5.56 Å². The summed E-state index contributed by atoms with van der Waals surface area (Å²) in [5, 5.41) is 26.8. The Morgan fingerprint density at radius 1 is 1.53 bits per heavy atom. The van der Waals surface area contributed by atoms with E-state index in [1.54, 1.807) is 19.2 Å².